The number of Topliss-reactive ketones (excluding diaryl/α,β-unsaturated/α-hetero) is 1. The van der Waals surface area contributed by atoms with Gasteiger partial charge in [-0.2, -0.15) is 8.42 Å². The van der Waals surface area contributed by atoms with Crippen molar-refractivity contribution in [3.05, 3.63) is 0 Å². The predicted octanol–water partition coefficient (Wildman–Crippen LogP) is -1.56. The summed E-state index contributed by atoms with van der Waals surface area (Å²) in [6.07, 6.45) is 0. The average Bonchev–Trinajstić information content (AvgIpc) is 1.62. The largest absolute Gasteiger partial charge is 0.389 e. The number of aliphatic hydroxyl groups excluding tert-OH is 1. The Morgan fingerprint density at radius 3 is 2.00 bits per heavy atom. The summed E-state index contributed by atoms with van der Waals surface area (Å²) in [6, 6.07) is 0. The highest BCUT2D eigenvalue weighted by atomic mass is 32.2. The molecule has 0 amide bonds. The van der Waals surface area contributed by atoms with Crippen LogP contribution in [0.4, 0.5) is 0 Å². The van der Waals surface area contributed by atoms with E-state index in [0.29, 0.717) is 0 Å². The summed E-state index contributed by atoms with van der Waals surface area (Å²) < 4.78 is 27.6. The Labute approximate surface area is 52.1 Å². The molecule has 54 valence electrons. The van der Waals surface area contributed by atoms with Crippen LogP contribution >= 0.6 is 0 Å². The van der Waals surface area contributed by atoms with Crippen LogP contribution in [0.15, 0.2) is 0 Å². The average molecular weight is 154 g/mol. The fourth-order valence-electron chi connectivity index (χ4n) is 0.249. The van der Waals surface area contributed by atoms with Crippen LogP contribution in [-0.2, 0) is 14.9 Å². The van der Waals surface area contributed by atoms with Crippen molar-refractivity contribution in [3.63, 3.8) is 0 Å². The van der Waals surface area contributed by atoms with Crippen molar-refractivity contribution in [1.29, 1.82) is 0 Å². The fraction of sp³-hybridized carbons (Fsp3) is 0.667. The molecule has 0 saturated heterocycles. The van der Waals surface area contributed by atoms with Gasteiger partial charge in [-0.05, 0) is 0 Å². The first-order valence-electron chi connectivity index (χ1n) is 2.03. The van der Waals surface area contributed by atoms with Crippen LogP contribution < -0.4 is 0 Å². The van der Waals surface area contributed by atoms with Crippen molar-refractivity contribution in [3.8, 4) is 0 Å². The van der Waals surface area contributed by atoms with Crippen LogP contribution in [0, 0.1) is 0 Å². The molecule has 0 saturated carbocycles. The van der Waals surface area contributed by atoms with E-state index in [1.165, 1.54) is 0 Å². The number of carbonyl (C=O) groups excluding carboxylic acids is 1. The molecule has 0 rings (SSSR count). The maximum absolute atomic E-state index is 10.0. The molecule has 6 heteroatoms. The van der Waals surface area contributed by atoms with Gasteiger partial charge in [0, 0.05) is 0 Å². The van der Waals surface area contributed by atoms with E-state index < -0.39 is 28.3 Å². The number of rotatable bonds is 3. The summed E-state index contributed by atoms with van der Waals surface area (Å²) in [5.41, 5.74) is 0. The van der Waals surface area contributed by atoms with Gasteiger partial charge >= 0.3 is 0 Å². The van der Waals surface area contributed by atoms with Gasteiger partial charge in [0.2, 0.25) is 0 Å². The van der Waals surface area contributed by atoms with Gasteiger partial charge < -0.3 is 5.11 Å². The molecule has 0 fully saturated rings. The smallest absolute Gasteiger partial charge is 0.272 e. The molecule has 0 aromatic rings. The van der Waals surface area contributed by atoms with Gasteiger partial charge in [0.15, 0.2) is 5.78 Å². The number of aliphatic hydroxyl groups is 1. The number of carbonyl (C=O) groups is 1. The highest BCUT2D eigenvalue weighted by Crippen LogP contribution is 1.81. The third-order valence-corrected chi connectivity index (χ3v) is 1.21. The van der Waals surface area contributed by atoms with Crippen LogP contribution in [0.5, 0.6) is 0 Å². The van der Waals surface area contributed by atoms with E-state index in [9.17, 15) is 13.2 Å². The Morgan fingerprint density at radius 1 is 1.44 bits per heavy atom. The van der Waals surface area contributed by atoms with Gasteiger partial charge in [-0.15, -0.1) is 0 Å². The summed E-state index contributed by atoms with van der Waals surface area (Å²) in [7, 11) is -4.24. The zero-order valence-corrected chi connectivity index (χ0v) is 5.26. The standard InChI is InChI=1S/C3H6O5S/c4-1-3(5)2-9(6,7)8/h4H,1-2H2,(H,6,7,8). The first kappa shape index (κ1) is 8.54. The summed E-state index contributed by atoms with van der Waals surface area (Å²) in [5.74, 6) is -1.93. The monoisotopic (exact) mass is 154 g/mol. The molecule has 0 radical (unpaired) electrons. The lowest BCUT2D eigenvalue weighted by Crippen LogP contribution is -2.17. The minimum atomic E-state index is -4.24. The molecule has 0 unspecified atom stereocenters. The predicted molar refractivity (Wildman–Crippen MR) is 28.5 cm³/mol. The van der Waals surface area contributed by atoms with Crippen molar-refractivity contribution < 1.29 is 22.9 Å². The van der Waals surface area contributed by atoms with E-state index in [2.05, 4.69) is 0 Å². The Kier molecular flexibility index (Phi) is 2.75. The van der Waals surface area contributed by atoms with Crippen LogP contribution in [0.1, 0.15) is 0 Å². The second-order valence-corrected chi connectivity index (χ2v) is 2.88. The van der Waals surface area contributed by atoms with Crippen molar-refractivity contribution in [2.45, 2.75) is 0 Å². The van der Waals surface area contributed by atoms with Gasteiger partial charge in [-0.25, -0.2) is 0 Å². The lowest BCUT2D eigenvalue weighted by molar-refractivity contribution is -0.119. The third-order valence-electron chi connectivity index (χ3n) is 0.520. The minimum absolute atomic E-state index is 0.861. The Hall–Kier alpha value is -0.460. The molecule has 0 aliphatic rings. The fourth-order valence-corrected chi connectivity index (χ4v) is 0.747. The second kappa shape index (κ2) is 2.90. The van der Waals surface area contributed by atoms with E-state index in [4.69, 9.17) is 9.66 Å². The first-order chi connectivity index (χ1) is 3.95. The number of hydrogen-bond acceptors (Lipinski definition) is 4. The molecule has 0 spiro atoms. The van der Waals surface area contributed by atoms with Gasteiger partial charge in [0.1, 0.15) is 12.4 Å². The quantitative estimate of drug-likeness (QED) is 0.479. The molecule has 0 aromatic carbocycles. The third kappa shape index (κ3) is 5.41. The summed E-state index contributed by atoms with van der Waals surface area (Å²) in [5, 5.41) is 7.97. The minimum Gasteiger partial charge on any atom is -0.389 e. The van der Waals surface area contributed by atoms with E-state index in [1.807, 2.05) is 0 Å². The van der Waals surface area contributed by atoms with Crippen molar-refractivity contribution in [2.24, 2.45) is 0 Å². The van der Waals surface area contributed by atoms with Gasteiger partial charge in [0.05, 0.1) is 0 Å². The summed E-state index contributed by atoms with van der Waals surface area (Å²) in [6.45, 7) is -0.861. The number of hydrogen-bond donors (Lipinski definition) is 2. The van der Waals surface area contributed by atoms with Crippen molar-refractivity contribution >= 4 is 15.9 Å². The first-order valence-corrected chi connectivity index (χ1v) is 3.64. The zero-order valence-electron chi connectivity index (χ0n) is 4.44. The van der Waals surface area contributed by atoms with E-state index >= 15 is 0 Å². The second-order valence-electron chi connectivity index (χ2n) is 1.42. The highest BCUT2D eigenvalue weighted by molar-refractivity contribution is 7.86. The topological polar surface area (TPSA) is 91.7 Å². The van der Waals surface area contributed by atoms with Crippen molar-refractivity contribution in [2.75, 3.05) is 12.4 Å². The van der Waals surface area contributed by atoms with Crippen LogP contribution in [-0.4, -0.2) is 36.2 Å². The molecule has 0 bridgehead atoms. The molecule has 0 aliphatic heterocycles. The normalized spacial score (nSPS) is 11.3. The van der Waals surface area contributed by atoms with E-state index in [1.54, 1.807) is 0 Å². The van der Waals surface area contributed by atoms with Crippen LogP contribution in [0.2, 0.25) is 0 Å². The highest BCUT2D eigenvalue weighted by Gasteiger charge is 2.10. The van der Waals surface area contributed by atoms with Crippen molar-refractivity contribution in [1.82, 2.24) is 0 Å². The van der Waals surface area contributed by atoms with Crippen LogP contribution in [0.3, 0.4) is 0 Å². The molecule has 0 heterocycles. The van der Waals surface area contributed by atoms with Gasteiger partial charge in [0.25, 0.3) is 10.1 Å². The maximum Gasteiger partial charge on any atom is 0.272 e. The molecule has 9 heavy (non-hydrogen) atoms. The Bertz CT molecular complexity index is 190. The summed E-state index contributed by atoms with van der Waals surface area (Å²) >= 11 is 0. The maximum atomic E-state index is 10.0. The van der Waals surface area contributed by atoms with E-state index in [0.717, 1.165) is 0 Å². The molecule has 0 aromatic heterocycles. The molecule has 0 atom stereocenters. The number of ketones is 1. The Balaban J connectivity index is 3.91. The molecule has 5 nitrogen and oxygen atoms in total. The van der Waals surface area contributed by atoms with Gasteiger partial charge in [-0.1, -0.05) is 0 Å². The molecule has 2 N–H and O–H groups in total. The lowest BCUT2D eigenvalue weighted by atomic mass is 10.5. The molecule has 0 aliphatic carbocycles. The van der Waals surface area contributed by atoms with Gasteiger partial charge in [-0.3, -0.25) is 9.35 Å². The Morgan fingerprint density at radius 2 is 1.89 bits per heavy atom. The molecular formula is C3H6O5S. The summed E-state index contributed by atoms with van der Waals surface area (Å²) in [4.78, 5) is 10.0. The zero-order chi connectivity index (χ0) is 7.49. The molecular weight excluding hydrogens is 148 g/mol. The van der Waals surface area contributed by atoms with Crippen LogP contribution in [0.25, 0.3) is 0 Å². The lowest BCUT2D eigenvalue weighted by Gasteiger charge is -1.90. The SMILES string of the molecule is O=C(CO)CS(=O)(=O)O. The van der Waals surface area contributed by atoms with E-state index in [-0.39, 0.29) is 0 Å².